The molecule has 1 saturated carbocycles. The Hall–Kier alpha value is -2.58. The van der Waals surface area contributed by atoms with E-state index in [4.69, 9.17) is 10.2 Å². The van der Waals surface area contributed by atoms with Crippen LogP contribution in [0.25, 0.3) is 0 Å². The van der Waals surface area contributed by atoms with E-state index in [1.807, 2.05) is 0 Å². The van der Waals surface area contributed by atoms with Gasteiger partial charge in [0.05, 0.1) is 5.41 Å². The van der Waals surface area contributed by atoms with Crippen LogP contribution in [0, 0.1) is 0 Å². The molecular formula is C14H15F2NO6. The van der Waals surface area contributed by atoms with E-state index < -0.39 is 23.8 Å². The lowest BCUT2D eigenvalue weighted by Gasteiger charge is -2.10. The van der Waals surface area contributed by atoms with Crippen LogP contribution in [0.1, 0.15) is 25.3 Å². The van der Waals surface area contributed by atoms with Crippen molar-refractivity contribution in [3.05, 3.63) is 23.8 Å². The Bertz CT molecular complexity index is 630. The number of ether oxygens (including phenoxy) is 2. The van der Waals surface area contributed by atoms with Crippen LogP contribution >= 0.6 is 0 Å². The maximum atomic E-state index is 12.8. The zero-order valence-corrected chi connectivity index (χ0v) is 12.1. The number of nitrogens with one attached hydrogen (secondary N) is 1. The van der Waals surface area contributed by atoms with Gasteiger partial charge in [0.25, 0.3) is 0 Å². The van der Waals surface area contributed by atoms with Gasteiger partial charge in [-0.05, 0) is 37.5 Å². The molecule has 0 spiro atoms. The molecule has 1 heterocycles. The van der Waals surface area contributed by atoms with E-state index in [1.165, 1.54) is 18.2 Å². The number of fused-ring (bicyclic) bond motifs is 1. The molecule has 1 amide bonds. The van der Waals surface area contributed by atoms with Gasteiger partial charge in [-0.15, -0.1) is 8.78 Å². The average molecular weight is 331 g/mol. The van der Waals surface area contributed by atoms with Crippen molar-refractivity contribution in [2.45, 2.75) is 31.5 Å². The summed E-state index contributed by atoms with van der Waals surface area (Å²) in [6.07, 6.45) is -3.60. The Morgan fingerprint density at radius 1 is 1.22 bits per heavy atom. The molecule has 0 saturated heterocycles. The highest BCUT2D eigenvalue weighted by molar-refractivity contribution is 5.85. The predicted octanol–water partition coefficient (Wildman–Crippen LogP) is 2.40. The SMILES string of the molecule is CCNC(=O)O.O=C(O)C1(c2ccc3c(c2)OC(F)(F)O3)CC1. The van der Waals surface area contributed by atoms with E-state index in [1.54, 1.807) is 6.92 Å². The lowest BCUT2D eigenvalue weighted by Crippen LogP contribution is -2.26. The van der Waals surface area contributed by atoms with Crippen LogP contribution in [-0.2, 0) is 10.2 Å². The molecule has 23 heavy (non-hydrogen) atoms. The van der Waals surface area contributed by atoms with Gasteiger partial charge in [-0.2, -0.15) is 0 Å². The normalized spacial score (nSPS) is 18.4. The smallest absolute Gasteiger partial charge is 0.481 e. The molecular weight excluding hydrogens is 316 g/mol. The van der Waals surface area contributed by atoms with Gasteiger partial charge >= 0.3 is 18.4 Å². The number of alkyl halides is 2. The molecule has 3 N–H and O–H groups in total. The summed E-state index contributed by atoms with van der Waals surface area (Å²) < 4.78 is 34.1. The first kappa shape index (κ1) is 16.8. The van der Waals surface area contributed by atoms with Crippen molar-refractivity contribution >= 4 is 12.1 Å². The Morgan fingerprint density at radius 3 is 2.26 bits per heavy atom. The maximum Gasteiger partial charge on any atom is 0.586 e. The Balaban J connectivity index is 0.000000277. The number of carboxylic acid groups (broad SMARTS) is 2. The number of amides is 1. The summed E-state index contributed by atoms with van der Waals surface area (Å²) in [5.74, 6) is -1.12. The summed E-state index contributed by atoms with van der Waals surface area (Å²) in [4.78, 5) is 20.6. The van der Waals surface area contributed by atoms with E-state index in [0.29, 0.717) is 24.9 Å². The fourth-order valence-corrected chi connectivity index (χ4v) is 2.15. The Morgan fingerprint density at radius 2 is 1.83 bits per heavy atom. The summed E-state index contributed by atoms with van der Waals surface area (Å²) in [7, 11) is 0. The number of halogens is 2. The molecule has 7 nitrogen and oxygen atoms in total. The lowest BCUT2D eigenvalue weighted by atomic mass is 9.96. The molecule has 0 radical (unpaired) electrons. The van der Waals surface area contributed by atoms with Crippen molar-refractivity contribution < 1.29 is 38.1 Å². The first-order valence-electron chi connectivity index (χ1n) is 6.81. The predicted molar refractivity (Wildman–Crippen MR) is 72.9 cm³/mol. The third-order valence-corrected chi connectivity index (χ3v) is 3.44. The van der Waals surface area contributed by atoms with Crippen molar-refractivity contribution in [2.24, 2.45) is 0 Å². The number of carbonyl (C=O) groups is 2. The number of hydrogen-bond acceptors (Lipinski definition) is 4. The minimum Gasteiger partial charge on any atom is -0.481 e. The van der Waals surface area contributed by atoms with Gasteiger partial charge in [-0.1, -0.05) is 6.07 Å². The van der Waals surface area contributed by atoms with Crippen LogP contribution in [0.3, 0.4) is 0 Å². The first-order chi connectivity index (χ1) is 10.7. The number of carboxylic acids is 1. The second-order valence-corrected chi connectivity index (χ2v) is 5.05. The molecule has 1 fully saturated rings. The second kappa shape index (κ2) is 5.90. The molecule has 1 aromatic carbocycles. The van der Waals surface area contributed by atoms with E-state index in [-0.39, 0.29) is 11.5 Å². The fraction of sp³-hybridized carbons (Fsp3) is 0.429. The van der Waals surface area contributed by atoms with Crippen LogP contribution in [0.2, 0.25) is 0 Å². The second-order valence-electron chi connectivity index (χ2n) is 5.05. The largest absolute Gasteiger partial charge is 0.586 e. The number of benzene rings is 1. The molecule has 0 unspecified atom stereocenters. The van der Waals surface area contributed by atoms with Crippen LogP contribution in [0.15, 0.2) is 18.2 Å². The van der Waals surface area contributed by atoms with Crippen molar-refractivity contribution in [1.29, 1.82) is 0 Å². The molecule has 1 aliphatic carbocycles. The summed E-state index contributed by atoms with van der Waals surface area (Å²) in [6, 6.07) is 4.12. The van der Waals surface area contributed by atoms with Crippen molar-refractivity contribution in [2.75, 3.05) is 6.54 Å². The zero-order chi connectivity index (χ0) is 17.3. The van der Waals surface area contributed by atoms with Gasteiger partial charge in [-0.3, -0.25) is 4.79 Å². The van der Waals surface area contributed by atoms with Crippen LogP contribution in [0.4, 0.5) is 13.6 Å². The Labute approximate surface area is 129 Å². The van der Waals surface area contributed by atoms with Gasteiger partial charge in [0.15, 0.2) is 11.5 Å². The molecule has 1 aliphatic heterocycles. The maximum absolute atomic E-state index is 12.8. The minimum atomic E-state index is -3.67. The van der Waals surface area contributed by atoms with Crippen LogP contribution in [0.5, 0.6) is 11.5 Å². The molecule has 3 rings (SSSR count). The molecule has 9 heteroatoms. The third-order valence-electron chi connectivity index (χ3n) is 3.44. The van der Waals surface area contributed by atoms with Crippen LogP contribution < -0.4 is 14.8 Å². The van der Waals surface area contributed by atoms with E-state index >= 15 is 0 Å². The summed E-state index contributed by atoms with van der Waals surface area (Å²) in [6.45, 7) is 2.21. The molecule has 1 aromatic rings. The van der Waals surface area contributed by atoms with E-state index in [0.717, 1.165) is 0 Å². The van der Waals surface area contributed by atoms with Crippen molar-refractivity contribution in [3.63, 3.8) is 0 Å². The molecule has 126 valence electrons. The Kier molecular flexibility index (Phi) is 4.31. The first-order valence-corrected chi connectivity index (χ1v) is 6.81. The summed E-state index contributed by atoms with van der Waals surface area (Å²) in [5, 5.41) is 19.0. The molecule has 0 bridgehead atoms. The highest BCUT2D eigenvalue weighted by Crippen LogP contribution is 2.51. The van der Waals surface area contributed by atoms with Crippen molar-refractivity contribution in [1.82, 2.24) is 5.32 Å². The van der Waals surface area contributed by atoms with Crippen molar-refractivity contribution in [3.8, 4) is 11.5 Å². The molecule has 0 atom stereocenters. The van der Waals surface area contributed by atoms with Gasteiger partial charge in [0.2, 0.25) is 0 Å². The third kappa shape index (κ3) is 3.61. The molecule has 2 aliphatic rings. The fourth-order valence-electron chi connectivity index (χ4n) is 2.15. The number of aliphatic carboxylic acids is 1. The minimum absolute atomic E-state index is 0.0695. The highest BCUT2D eigenvalue weighted by Gasteiger charge is 2.53. The standard InChI is InChI=1S/C11H8F2O4.C3H7NO2/c12-11(13)16-7-2-1-6(5-8(7)17-11)10(3-4-10)9(14)15;1-2-4-3(5)6/h1-2,5H,3-4H2,(H,14,15);4H,2H2,1H3,(H,5,6). The summed E-state index contributed by atoms with van der Waals surface area (Å²) >= 11 is 0. The van der Waals surface area contributed by atoms with Gasteiger partial charge < -0.3 is 25.0 Å². The van der Waals surface area contributed by atoms with Gasteiger partial charge in [0, 0.05) is 6.54 Å². The van der Waals surface area contributed by atoms with Gasteiger partial charge in [0.1, 0.15) is 0 Å². The summed E-state index contributed by atoms with van der Waals surface area (Å²) in [5.41, 5.74) is -0.457. The van der Waals surface area contributed by atoms with Crippen LogP contribution in [-0.4, -0.2) is 35.1 Å². The highest BCUT2D eigenvalue weighted by atomic mass is 19.3. The number of hydrogen-bond donors (Lipinski definition) is 3. The monoisotopic (exact) mass is 331 g/mol. The van der Waals surface area contributed by atoms with Gasteiger partial charge in [-0.25, -0.2) is 4.79 Å². The molecule has 0 aromatic heterocycles. The lowest BCUT2D eigenvalue weighted by molar-refractivity contribution is -0.286. The number of rotatable bonds is 3. The van der Waals surface area contributed by atoms with E-state index in [9.17, 15) is 18.4 Å². The van der Waals surface area contributed by atoms with E-state index in [2.05, 4.69) is 14.8 Å². The quantitative estimate of drug-likeness (QED) is 0.785. The zero-order valence-electron chi connectivity index (χ0n) is 12.1. The average Bonchev–Trinajstić information content (AvgIpc) is 3.17. The topological polar surface area (TPSA) is 105 Å².